The lowest BCUT2D eigenvalue weighted by atomic mass is 10.1. The van der Waals surface area contributed by atoms with E-state index in [4.69, 9.17) is 0 Å². The minimum Gasteiger partial charge on any atom is -0.310 e. The van der Waals surface area contributed by atoms with Gasteiger partial charge < -0.3 is 5.32 Å². The molecule has 0 bridgehead atoms. The van der Waals surface area contributed by atoms with Gasteiger partial charge >= 0.3 is 0 Å². The van der Waals surface area contributed by atoms with Crippen molar-refractivity contribution >= 4 is 39.4 Å². The van der Waals surface area contributed by atoms with Gasteiger partial charge in [0.15, 0.2) is 0 Å². The first-order valence-electron chi connectivity index (χ1n) is 8.01. The summed E-state index contributed by atoms with van der Waals surface area (Å²) in [5.41, 5.74) is 2.36. The number of carbonyl (C=O) groups excluding carboxylic acids is 1. The fourth-order valence-electron chi connectivity index (χ4n) is 2.89. The molecule has 0 saturated heterocycles. The van der Waals surface area contributed by atoms with E-state index in [1.54, 1.807) is 18.0 Å². The van der Waals surface area contributed by atoms with Gasteiger partial charge in [0.05, 0.1) is 18.0 Å². The number of nitrogens with one attached hydrogen (secondary N) is 1. The van der Waals surface area contributed by atoms with Gasteiger partial charge in [0, 0.05) is 15.4 Å². The molecule has 3 aromatic rings. The zero-order chi connectivity index (χ0) is 17.2. The van der Waals surface area contributed by atoms with E-state index in [0.717, 1.165) is 22.3 Å². The highest BCUT2D eigenvalue weighted by molar-refractivity contribution is 9.10. The van der Waals surface area contributed by atoms with Gasteiger partial charge in [0.1, 0.15) is 5.82 Å². The molecule has 1 aliphatic heterocycles. The van der Waals surface area contributed by atoms with Gasteiger partial charge in [-0.1, -0.05) is 52.3 Å². The summed E-state index contributed by atoms with van der Waals surface area (Å²) in [5, 5.41) is 7.29. The van der Waals surface area contributed by atoms with Crippen molar-refractivity contribution in [3.63, 3.8) is 0 Å². The van der Waals surface area contributed by atoms with E-state index in [9.17, 15) is 4.79 Å². The van der Waals surface area contributed by atoms with Gasteiger partial charge in [0.25, 0.3) is 0 Å². The molecule has 0 radical (unpaired) electrons. The Balaban J connectivity index is 1.47. The normalized spacial score (nSPS) is 15.8. The highest BCUT2D eigenvalue weighted by Crippen LogP contribution is 2.37. The summed E-state index contributed by atoms with van der Waals surface area (Å²) in [6.45, 7) is 0.599. The van der Waals surface area contributed by atoms with Crippen molar-refractivity contribution in [1.29, 1.82) is 0 Å². The third-order valence-corrected chi connectivity index (χ3v) is 6.28. The van der Waals surface area contributed by atoms with Crippen LogP contribution in [0.15, 0.2) is 70.2 Å². The predicted molar refractivity (Wildman–Crippen MR) is 104 cm³/mol. The summed E-state index contributed by atoms with van der Waals surface area (Å²) >= 11 is 5.19. The lowest BCUT2D eigenvalue weighted by molar-refractivity contribution is -0.115. The largest absolute Gasteiger partial charge is 0.310 e. The van der Waals surface area contributed by atoms with Crippen LogP contribution >= 0.6 is 27.7 Å². The van der Waals surface area contributed by atoms with Crippen LogP contribution in [0.5, 0.6) is 0 Å². The third kappa shape index (κ3) is 3.50. The maximum absolute atomic E-state index is 12.7. The lowest BCUT2D eigenvalue weighted by Crippen LogP contribution is -2.26. The number of fused-ring (bicyclic) bond motifs is 1. The third-order valence-electron chi connectivity index (χ3n) is 4.19. The lowest BCUT2D eigenvalue weighted by Gasteiger charge is -2.12. The number of benzene rings is 2. The predicted octanol–water partition coefficient (Wildman–Crippen LogP) is 4.35. The molecule has 1 N–H and O–H groups in total. The van der Waals surface area contributed by atoms with Crippen LogP contribution < -0.4 is 5.32 Å². The molecular weight excluding hydrogens is 398 g/mol. The molecule has 4 nitrogen and oxygen atoms in total. The Labute approximate surface area is 158 Å². The summed E-state index contributed by atoms with van der Waals surface area (Å²) in [5.74, 6) is 0.743. The standard InChI is InChI=1S/C19H16BrN3OS/c20-15-7-3-1-6-14(15)12-23-18(9-10-21-23)22-19(24)17-11-13-5-2-4-8-16(13)25-17/h1-10,17H,11-12H2,(H,22,24). The fraction of sp³-hybridized carbons (Fsp3) is 0.158. The van der Waals surface area contributed by atoms with Crippen molar-refractivity contribution in [3.05, 3.63) is 76.4 Å². The number of amides is 1. The van der Waals surface area contributed by atoms with E-state index in [1.807, 2.05) is 47.1 Å². The Hall–Kier alpha value is -2.05. The van der Waals surface area contributed by atoms with Gasteiger partial charge in [-0.05, 0) is 29.7 Å². The number of carbonyl (C=O) groups is 1. The van der Waals surface area contributed by atoms with Crippen LogP contribution in [0.3, 0.4) is 0 Å². The van der Waals surface area contributed by atoms with Crippen LogP contribution in [0.1, 0.15) is 11.1 Å². The molecule has 1 atom stereocenters. The quantitative estimate of drug-likeness (QED) is 0.691. The van der Waals surface area contributed by atoms with Crippen LogP contribution in [0.2, 0.25) is 0 Å². The van der Waals surface area contributed by atoms with Gasteiger partial charge in [-0.2, -0.15) is 5.10 Å². The van der Waals surface area contributed by atoms with E-state index in [-0.39, 0.29) is 11.2 Å². The van der Waals surface area contributed by atoms with E-state index in [1.165, 1.54) is 10.5 Å². The van der Waals surface area contributed by atoms with Crippen LogP contribution in [0.4, 0.5) is 5.82 Å². The fourth-order valence-corrected chi connectivity index (χ4v) is 4.49. The van der Waals surface area contributed by atoms with E-state index in [2.05, 4.69) is 38.5 Å². The smallest absolute Gasteiger partial charge is 0.239 e. The van der Waals surface area contributed by atoms with Crippen molar-refractivity contribution < 1.29 is 4.79 Å². The van der Waals surface area contributed by atoms with Crippen LogP contribution in [-0.2, 0) is 17.8 Å². The Kier molecular flexibility index (Phi) is 4.63. The van der Waals surface area contributed by atoms with Crippen molar-refractivity contribution in [2.24, 2.45) is 0 Å². The van der Waals surface area contributed by atoms with E-state index >= 15 is 0 Å². The Morgan fingerprint density at radius 3 is 2.84 bits per heavy atom. The number of nitrogens with zero attached hydrogens (tertiary/aromatic N) is 2. The first-order valence-corrected chi connectivity index (χ1v) is 9.68. The van der Waals surface area contributed by atoms with Crippen molar-refractivity contribution in [2.45, 2.75) is 23.1 Å². The second kappa shape index (κ2) is 7.06. The van der Waals surface area contributed by atoms with Crippen LogP contribution in [0, 0.1) is 0 Å². The Morgan fingerprint density at radius 2 is 2.00 bits per heavy atom. The van der Waals surface area contributed by atoms with Gasteiger partial charge in [-0.3, -0.25) is 4.79 Å². The molecule has 0 aliphatic carbocycles. The Bertz CT molecular complexity index is 899. The molecule has 6 heteroatoms. The number of anilines is 1. The summed E-state index contributed by atoms with van der Waals surface area (Å²) in [7, 11) is 0. The summed E-state index contributed by atoms with van der Waals surface area (Å²) in [6.07, 6.45) is 2.48. The molecule has 25 heavy (non-hydrogen) atoms. The molecule has 0 saturated carbocycles. The van der Waals surface area contributed by atoms with Gasteiger partial charge in [-0.25, -0.2) is 4.68 Å². The maximum Gasteiger partial charge on any atom is 0.239 e. The number of hydrogen-bond donors (Lipinski definition) is 1. The molecule has 1 amide bonds. The molecule has 1 unspecified atom stereocenters. The van der Waals surface area contributed by atoms with Crippen molar-refractivity contribution in [3.8, 4) is 0 Å². The minimum absolute atomic E-state index is 0.0232. The van der Waals surface area contributed by atoms with Crippen LogP contribution in [-0.4, -0.2) is 20.9 Å². The van der Waals surface area contributed by atoms with E-state index < -0.39 is 0 Å². The number of aromatic nitrogens is 2. The number of thioether (sulfide) groups is 1. The zero-order valence-corrected chi connectivity index (χ0v) is 15.8. The van der Waals surface area contributed by atoms with Crippen molar-refractivity contribution in [1.82, 2.24) is 9.78 Å². The van der Waals surface area contributed by atoms with E-state index in [0.29, 0.717) is 6.54 Å². The van der Waals surface area contributed by atoms with Gasteiger partial charge in [-0.15, -0.1) is 11.8 Å². The monoisotopic (exact) mass is 413 g/mol. The summed E-state index contributed by atoms with van der Waals surface area (Å²) < 4.78 is 2.84. The number of hydrogen-bond acceptors (Lipinski definition) is 3. The highest BCUT2D eigenvalue weighted by atomic mass is 79.9. The Morgan fingerprint density at radius 1 is 1.20 bits per heavy atom. The zero-order valence-electron chi connectivity index (χ0n) is 13.4. The summed E-state index contributed by atoms with van der Waals surface area (Å²) in [6, 6.07) is 18.1. The topological polar surface area (TPSA) is 46.9 Å². The second-order valence-electron chi connectivity index (χ2n) is 5.87. The highest BCUT2D eigenvalue weighted by Gasteiger charge is 2.28. The molecular formula is C19H16BrN3OS. The first-order chi connectivity index (χ1) is 12.2. The average molecular weight is 414 g/mol. The SMILES string of the molecule is O=C(Nc1ccnn1Cc1ccccc1Br)C1Cc2ccccc2S1. The molecule has 0 spiro atoms. The first kappa shape index (κ1) is 16.4. The molecule has 4 rings (SSSR count). The second-order valence-corrected chi connectivity index (χ2v) is 7.97. The number of halogens is 1. The average Bonchev–Trinajstić information content (AvgIpc) is 3.23. The molecule has 126 valence electrons. The molecule has 2 heterocycles. The van der Waals surface area contributed by atoms with Crippen molar-refractivity contribution in [2.75, 3.05) is 5.32 Å². The molecule has 0 fully saturated rings. The molecule has 2 aromatic carbocycles. The molecule has 1 aliphatic rings. The number of rotatable bonds is 4. The van der Waals surface area contributed by atoms with Crippen LogP contribution in [0.25, 0.3) is 0 Å². The summed E-state index contributed by atoms with van der Waals surface area (Å²) in [4.78, 5) is 13.9. The minimum atomic E-state index is -0.0933. The molecule has 1 aromatic heterocycles. The van der Waals surface area contributed by atoms with Gasteiger partial charge in [0.2, 0.25) is 5.91 Å². The maximum atomic E-state index is 12.7.